The van der Waals surface area contributed by atoms with E-state index in [4.69, 9.17) is 14.2 Å². The molecule has 166 valence electrons. The number of nitrogens with one attached hydrogen (secondary N) is 1. The Balaban J connectivity index is 1.48. The summed E-state index contributed by atoms with van der Waals surface area (Å²) in [6.07, 6.45) is 2.17. The number of aryl methyl sites for hydroxylation is 1. The van der Waals surface area contributed by atoms with Crippen molar-refractivity contribution in [2.24, 2.45) is 0 Å². The molecule has 1 amide bonds. The van der Waals surface area contributed by atoms with Crippen molar-refractivity contribution in [2.75, 3.05) is 71.0 Å². The van der Waals surface area contributed by atoms with Crippen LogP contribution in [0, 0.1) is 0 Å². The summed E-state index contributed by atoms with van der Waals surface area (Å²) in [5.41, 5.74) is 5.17. The van der Waals surface area contributed by atoms with Crippen LogP contribution in [-0.4, -0.2) is 88.1 Å². The number of hydrogen-bond donors (Lipinski definition) is 1. The van der Waals surface area contributed by atoms with Gasteiger partial charge in [0.05, 0.1) is 26.0 Å². The average Bonchev–Trinajstić information content (AvgIpc) is 2.79. The Hall–Kier alpha value is -2.03. The molecule has 3 aliphatic heterocycles. The number of fused-ring (bicyclic) bond motifs is 1. The Kier molecular flexibility index (Phi) is 6.97. The van der Waals surface area contributed by atoms with Crippen molar-refractivity contribution in [3.63, 3.8) is 0 Å². The summed E-state index contributed by atoms with van der Waals surface area (Å²) >= 11 is 0. The molecule has 8 nitrogen and oxygen atoms in total. The van der Waals surface area contributed by atoms with Crippen molar-refractivity contribution in [3.8, 4) is 11.5 Å². The molecule has 0 radical (unpaired) electrons. The van der Waals surface area contributed by atoms with Crippen molar-refractivity contribution < 1.29 is 19.0 Å². The standard InChI is InChI=1S/C22H34N4O4/c1-3-6-24-7-9-25(10-8-24)19-16-18(28-2)15-17-4-5-20(30-21(17)19)22(27)23-26-11-13-29-14-12-26/h15-16,20H,3-14H2,1-2H3,(H,23,27). The predicted octanol–water partition coefficient (Wildman–Crippen LogP) is 1.28. The largest absolute Gasteiger partial charge is 0.497 e. The normalized spacial score (nSPS) is 22.9. The van der Waals surface area contributed by atoms with Crippen molar-refractivity contribution in [1.29, 1.82) is 0 Å². The summed E-state index contributed by atoms with van der Waals surface area (Å²) in [5.74, 6) is 1.62. The summed E-state index contributed by atoms with van der Waals surface area (Å²) in [5, 5.41) is 1.92. The highest BCUT2D eigenvalue weighted by Crippen LogP contribution is 2.41. The number of morpholine rings is 1. The first-order valence-electron chi connectivity index (χ1n) is 11.2. The van der Waals surface area contributed by atoms with Crippen LogP contribution < -0.4 is 19.8 Å². The van der Waals surface area contributed by atoms with Crippen molar-refractivity contribution >= 4 is 11.6 Å². The second-order valence-electron chi connectivity index (χ2n) is 8.18. The molecule has 0 saturated carbocycles. The molecule has 3 aliphatic rings. The molecular formula is C22H34N4O4. The number of ether oxygens (including phenoxy) is 3. The van der Waals surface area contributed by atoms with E-state index in [1.54, 1.807) is 7.11 Å². The van der Waals surface area contributed by atoms with E-state index in [1.807, 2.05) is 11.1 Å². The third-order valence-electron chi connectivity index (χ3n) is 6.12. The first-order chi connectivity index (χ1) is 14.7. The molecule has 2 saturated heterocycles. The minimum absolute atomic E-state index is 0.0721. The molecule has 1 unspecified atom stereocenters. The zero-order valence-corrected chi connectivity index (χ0v) is 18.2. The van der Waals surface area contributed by atoms with Gasteiger partial charge in [-0.1, -0.05) is 6.92 Å². The van der Waals surface area contributed by atoms with Gasteiger partial charge in [0.2, 0.25) is 0 Å². The maximum absolute atomic E-state index is 12.8. The van der Waals surface area contributed by atoms with Gasteiger partial charge in [0.1, 0.15) is 11.5 Å². The molecule has 4 rings (SSSR count). The number of amides is 1. The zero-order valence-electron chi connectivity index (χ0n) is 18.2. The lowest BCUT2D eigenvalue weighted by molar-refractivity contribution is -0.135. The van der Waals surface area contributed by atoms with Gasteiger partial charge in [-0.05, 0) is 31.9 Å². The van der Waals surface area contributed by atoms with Crippen LogP contribution in [0.4, 0.5) is 5.69 Å². The highest BCUT2D eigenvalue weighted by molar-refractivity contribution is 5.82. The van der Waals surface area contributed by atoms with E-state index in [-0.39, 0.29) is 5.91 Å². The second-order valence-corrected chi connectivity index (χ2v) is 8.18. The highest BCUT2D eigenvalue weighted by Gasteiger charge is 2.31. The fourth-order valence-electron chi connectivity index (χ4n) is 4.42. The number of hydrazine groups is 1. The van der Waals surface area contributed by atoms with Crippen molar-refractivity contribution in [2.45, 2.75) is 32.3 Å². The summed E-state index contributed by atoms with van der Waals surface area (Å²) < 4.78 is 17.2. The monoisotopic (exact) mass is 418 g/mol. The van der Waals surface area contributed by atoms with Crippen LogP contribution in [-0.2, 0) is 16.0 Å². The Morgan fingerprint density at radius 3 is 2.63 bits per heavy atom. The number of piperazine rings is 1. The second kappa shape index (κ2) is 9.85. The van der Waals surface area contributed by atoms with Gasteiger partial charge in [-0.2, -0.15) is 0 Å². The van der Waals surface area contributed by atoms with Crippen LogP contribution in [0.5, 0.6) is 11.5 Å². The van der Waals surface area contributed by atoms with Gasteiger partial charge in [0.15, 0.2) is 6.10 Å². The molecule has 0 aliphatic carbocycles. The molecule has 0 aromatic heterocycles. The number of nitrogens with zero attached hydrogens (tertiary/aromatic N) is 3. The summed E-state index contributed by atoms with van der Waals surface area (Å²) in [4.78, 5) is 17.7. The fourth-order valence-corrected chi connectivity index (χ4v) is 4.42. The van der Waals surface area contributed by atoms with Crippen LogP contribution in [0.3, 0.4) is 0 Å². The predicted molar refractivity (Wildman–Crippen MR) is 115 cm³/mol. The molecule has 1 N–H and O–H groups in total. The van der Waals surface area contributed by atoms with E-state index < -0.39 is 6.10 Å². The number of hydrogen-bond acceptors (Lipinski definition) is 7. The van der Waals surface area contributed by atoms with Gasteiger partial charge >= 0.3 is 0 Å². The van der Waals surface area contributed by atoms with E-state index in [0.717, 1.165) is 61.9 Å². The number of anilines is 1. The van der Waals surface area contributed by atoms with Crippen molar-refractivity contribution in [1.82, 2.24) is 15.3 Å². The lowest BCUT2D eigenvalue weighted by Gasteiger charge is -2.38. The van der Waals surface area contributed by atoms with Crippen LogP contribution in [0.25, 0.3) is 0 Å². The van der Waals surface area contributed by atoms with E-state index in [2.05, 4.69) is 28.2 Å². The molecule has 8 heteroatoms. The third-order valence-corrected chi connectivity index (χ3v) is 6.12. The topological polar surface area (TPSA) is 66.5 Å². The van der Waals surface area contributed by atoms with Crippen LogP contribution in [0.1, 0.15) is 25.3 Å². The first kappa shape index (κ1) is 21.2. The van der Waals surface area contributed by atoms with Crippen molar-refractivity contribution in [3.05, 3.63) is 17.7 Å². The van der Waals surface area contributed by atoms with E-state index in [9.17, 15) is 4.79 Å². The molecule has 1 aromatic carbocycles. The average molecular weight is 419 g/mol. The summed E-state index contributed by atoms with van der Waals surface area (Å²) in [7, 11) is 1.70. The lowest BCUT2D eigenvalue weighted by atomic mass is 9.99. The number of carbonyl (C=O) groups is 1. The molecular weight excluding hydrogens is 384 g/mol. The summed E-state index contributed by atoms with van der Waals surface area (Å²) in [6.45, 7) is 10.1. The van der Waals surface area contributed by atoms with Gasteiger partial charge < -0.3 is 19.1 Å². The number of rotatable bonds is 6. The van der Waals surface area contributed by atoms with Crippen LogP contribution in [0.15, 0.2) is 12.1 Å². The third kappa shape index (κ3) is 4.82. The van der Waals surface area contributed by atoms with E-state index >= 15 is 0 Å². The van der Waals surface area contributed by atoms with Gasteiger partial charge in [-0.3, -0.25) is 15.1 Å². The molecule has 2 fully saturated rings. The lowest BCUT2D eigenvalue weighted by Crippen LogP contribution is -2.53. The minimum Gasteiger partial charge on any atom is -0.497 e. The Labute approximate surface area is 179 Å². The Morgan fingerprint density at radius 1 is 1.17 bits per heavy atom. The van der Waals surface area contributed by atoms with Crippen LogP contribution >= 0.6 is 0 Å². The number of benzene rings is 1. The van der Waals surface area contributed by atoms with E-state index in [0.29, 0.717) is 32.7 Å². The van der Waals surface area contributed by atoms with Gasteiger partial charge in [-0.25, -0.2) is 5.01 Å². The smallest absolute Gasteiger partial charge is 0.275 e. The number of methoxy groups -OCH3 is 1. The first-order valence-corrected chi connectivity index (χ1v) is 11.2. The number of carbonyl (C=O) groups excluding carboxylic acids is 1. The molecule has 30 heavy (non-hydrogen) atoms. The Bertz CT molecular complexity index is 730. The molecule has 0 spiro atoms. The molecule has 1 aromatic rings. The molecule has 3 heterocycles. The van der Waals surface area contributed by atoms with Crippen LogP contribution in [0.2, 0.25) is 0 Å². The van der Waals surface area contributed by atoms with E-state index in [1.165, 1.54) is 6.42 Å². The molecule has 1 atom stereocenters. The molecule has 0 bridgehead atoms. The SMILES string of the molecule is CCCN1CCN(c2cc(OC)cc3c2OC(C(=O)NN2CCOCC2)CC3)CC1. The highest BCUT2D eigenvalue weighted by atomic mass is 16.5. The summed E-state index contributed by atoms with van der Waals surface area (Å²) in [6, 6.07) is 4.10. The maximum atomic E-state index is 12.8. The van der Waals surface area contributed by atoms with Gasteiger partial charge in [0.25, 0.3) is 5.91 Å². The zero-order chi connectivity index (χ0) is 20.9. The van der Waals surface area contributed by atoms with Gasteiger partial charge in [0, 0.05) is 50.9 Å². The van der Waals surface area contributed by atoms with Gasteiger partial charge in [-0.15, -0.1) is 0 Å². The quantitative estimate of drug-likeness (QED) is 0.747. The fraction of sp³-hybridized carbons (Fsp3) is 0.682. The minimum atomic E-state index is -0.478. The Morgan fingerprint density at radius 2 is 1.93 bits per heavy atom. The maximum Gasteiger partial charge on any atom is 0.275 e.